The number of rotatable bonds is 5. The van der Waals surface area contributed by atoms with Crippen molar-refractivity contribution in [1.82, 2.24) is 4.90 Å². The topological polar surface area (TPSA) is 49.4 Å². The van der Waals surface area contributed by atoms with E-state index in [1.807, 2.05) is 6.92 Å². The van der Waals surface area contributed by atoms with Gasteiger partial charge in [0, 0.05) is 19.5 Å². The maximum Gasteiger partial charge on any atom is 0.244 e. The fourth-order valence-electron chi connectivity index (χ4n) is 1.57. The molecule has 1 aromatic rings. The van der Waals surface area contributed by atoms with E-state index in [1.54, 1.807) is 0 Å². The molecule has 0 saturated carbocycles. The highest BCUT2D eigenvalue weighted by Gasteiger charge is 2.14. The zero-order valence-corrected chi connectivity index (χ0v) is 10.9. The summed E-state index contributed by atoms with van der Waals surface area (Å²) in [6.07, 6.45) is 0.720. The first-order valence-electron chi connectivity index (χ1n) is 5.94. The molecule has 0 unspecified atom stereocenters. The van der Waals surface area contributed by atoms with Gasteiger partial charge in [0.2, 0.25) is 11.8 Å². The first kappa shape index (κ1) is 15.1. The molecule has 2 amide bonds. The van der Waals surface area contributed by atoms with Crippen LogP contribution in [0.5, 0.6) is 0 Å². The molecule has 0 bridgehead atoms. The van der Waals surface area contributed by atoms with Crippen LogP contribution in [-0.2, 0) is 9.59 Å². The zero-order chi connectivity index (χ0) is 14.4. The van der Waals surface area contributed by atoms with Gasteiger partial charge < -0.3 is 10.2 Å². The molecule has 0 spiro atoms. The molecule has 0 aliphatic heterocycles. The van der Waals surface area contributed by atoms with Gasteiger partial charge in [-0.2, -0.15) is 0 Å². The van der Waals surface area contributed by atoms with Crippen LogP contribution in [0.1, 0.15) is 20.3 Å². The van der Waals surface area contributed by atoms with Crippen LogP contribution in [0.2, 0.25) is 0 Å². The molecule has 0 heterocycles. The van der Waals surface area contributed by atoms with E-state index in [2.05, 4.69) is 5.32 Å². The number of carbonyl (C=O) groups excluding carboxylic acids is 2. The molecule has 1 N–H and O–H groups in total. The van der Waals surface area contributed by atoms with E-state index >= 15 is 0 Å². The Balaban J connectivity index is 2.66. The van der Waals surface area contributed by atoms with Crippen LogP contribution in [0.3, 0.4) is 0 Å². The minimum Gasteiger partial charge on any atom is -0.334 e. The van der Waals surface area contributed by atoms with Crippen LogP contribution in [0.15, 0.2) is 18.2 Å². The average Bonchev–Trinajstić information content (AvgIpc) is 2.32. The van der Waals surface area contributed by atoms with Gasteiger partial charge in [-0.1, -0.05) is 6.92 Å². The van der Waals surface area contributed by atoms with Crippen molar-refractivity contribution in [2.24, 2.45) is 0 Å². The van der Waals surface area contributed by atoms with Gasteiger partial charge in [-0.05, 0) is 18.6 Å². The van der Waals surface area contributed by atoms with Crippen molar-refractivity contribution in [3.8, 4) is 0 Å². The molecule has 6 heteroatoms. The maximum absolute atomic E-state index is 13.3. The Hall–Kier alpha value is -1.98. The van der Waals surface area contributed by atoms with E-state index in [1.165, 1.54) is 11.8 Å². The summed E-state index contributed by atoms with van der Waals surface area (Å²) >= 11 is 0. The molecule has 0 aromatic heterocycles. The van der Waals surface area contributed by atoms with E-state index in [9.17, 15) is 18.4 Å². The number of nitrogens with one attached hydrogen (secondary N) is 1. The summed E-state index contributed by atoms with van der Waals surface area (Å²) < 4.78 is 26.0. The second-order valence-electron chi connectivity index (χ2n) is 4.11. The molecule has 0 aliphatic rings. The SMILES string of the molecule is CCCN(CC(=O)Nc1ccc(F)cc1F)C(C)=O. The van der Waals surface area contributed by atoms with Crippen LogP contribution >= 0.6 is 0 Å². The lowest BCUT2D eigenvalue weighted by Gasteiger charge is -2.19. The lowest BCUT2D eigenvalue weighted by Crippen LogP contribution is -2.37. The molecule has 0 atom stereocenters. The van der Waals surface area contributed by atoms with Crippen LogP contribution in [-0.4, -0.2) is 29.8 Å². The van der Waals surface area contributed by atoms with Crippen molar-refractivity contribution in [3.63, 3.8) is 0 Å². The van der Waals surface area contributed by atoms with Crippen molar-refractivity contribution in [2.45, 2.75) is 20.3 Å². The van der Waals surface area contributed by atoms with Gasteiger partial charge in [-0.25, -0.2) is 8.78 Å². The molecule has 0 saturated heterocycles. The fraction of sp³-hybridized carbons (Fsp3) is 0.385. The lowest BCUT2D eigenvalue weighted by molar-refractivity contribution is -0.132. The van der Waals surface area contributed by atoms with Gasteiger partial charge in [0.25, 0.3) is 0 Å². The smallest absolute Gasteiger partial charge is 0.244 e. The summed E-state index contributed by atoms with van der Waals surface area (Å²) in [7, 11) is 0. The summed E-state index contributed by atoms with van der Waals surface area (Å²) in [6, 6.07) is 2.87. The molecule has 0 aliphatic carbocycles. The summed E-state index contributed by atoms with van der Waals surface area (Å²) in [5, 5.41) is 2.31. The third kappa shape index (κ3) is 4.65. The predicted octanol–water partition coefficient (Wildman–Crippen LogP) is 2.16. The number of carbonyl (C=O) groups is 2. The standard InChI is InChI=1S/C13H16F2N2O2/c1-3-6-17(9(2)18)8-13(19)16-12-5-4-10(14)7-11(12)15/h4-5,7H,3,6,8H2,1-2H3,(H,16,19). The number of anilines is 1. The number of hydrogen-bond acceptors (Lipinski definition) is 2. The van der Waals surface area contributed by atoms with Gasteiger partial charge in [-0.15, -0.1) is 0 Å². The lowest BCUT2D eigenvalue weighted by atomic mass is 10.3. The second-order valence-corrected chi connectivity index (χ2v) is 4.11. The number of benzene rings is 1. The number of halogens is 2. The van der Waals surface area contributed by atoms with Crippen LogP contribution in [0, 0.1) is 11.6 Å². The molecule has 1 aromatic carbocycles. The van der Waals surface area contributed by atoms with Gasteiger partial charge in [0.05, 0.1) is 12.2 Å². The van der Waals surface area contributed by atoms with Crippen LogP contribution in [0.4, 0.5) is 14.5 Å². The van der Waals surface area contributed by atoms with Gasteiger partial charge in [0.1, 0.15) is 11.6 Å². The van der Waals surface area contributed by atoms with Crippen molar-refractivity contribution in [1.29, 1.82) is 0 Å². The Morgan fingerprint density at radius 1 is 1.32 bits per heavy atom. The van der Waals surface area contributed by atoms with Crippen molar-refractivity contribution in [2.75, 3.05) is 18.4 Å². The Morgan fingerprint density at radius 2 is 2.00 bits per heavy atom. The third-order valence-corrected chi connectivity index (χ3v) is 2.48. The number of amides is 2. The first-order chi connectivity index (χ1) is 8.93. The van der Waals surface area contributed by atoms with Crippen molar-refractivity contribution in [3.05, 3.63) is 29.8 Å². The van der Waals surface area contributed by atoms with E-state index in [0.717, 1.165) is 18.6 Å². The molecule has 19 heavy (non-hydrogen) atoms. The Bertz CT molecular complexity index is 478. The molecule has 4 nitrogen and oxygen atoms in total. The van der Waals surface area contributed by atoms with Gasteiger partial charge in [-0.3, -0.25) is 9.59 Å². The van der Waals surface area contributed by atoms with Gasteiger partial charge >= 0.3 is 0 Å². The van der Waals surface area contributed by atoms with E-state index in [4.69, 9.17) is 0 Å². The number of nitrogens with zero attached hydrogens (tertiary/aromatic N) is 1. The first-order valence-corrected chi connectivity index (χ1v) is 5.94. The molecular weight excluding hydrogens is 254 g/mol. The van der Waals surface area contributed by atoms with Crippen molar-refractivity contribution < 1.29 is 18.4 Å². The van der Waals surface area contributed by atoms with E-state index < -0.39 is 17.5 Å². The third-order valence-electron chi connectivity index (χ3n) is 2.48. The van der Waals surface area contributed by atoms with Crippen molar-refractivity contribution >= 4 is 17.5 Å². The Kier molecular flexibility index (Phi) is 5.41. The molecule has 0 radical (unpaired) electrons. The highest BCUT2D eigenvalue weighted by molar-refractivity contribution is 5.94. The highest BCUT2D eigenvalue weighted by atomic mass is 19.1. The molecule has 1 rings (SSSR count). The maximum atomic E-state index is 13.3. The largest absolute Gasteiger partial charge is 0.334 e. The molecule has 104 valence electrons. The minimum atomic E-state index is -0.849. The average molecular weight is 270 g/mol. The Labute approximate surface area is 110 Å². The minimum absolute atomic E-state index is 0.105. The fourth-order valence-corrected chi connectivity index (χ4v) is 1.57. The second kappa shape index (κ2) is 6.82. The summed E-state index contributed by atoms with van der Waals surface area (Å²) in [5.74, 6) is -2.31. The quantitative estimate of drug-likeness (QED) is 0.891. The van der Waals surface area contributed by atoms with E-state index in [-0.39, 0.29) is 18.1 Å². The molecular formula is C13H16F2N2O2. The van der Waals surface area contributed by atoms with Crippen LogP contribution in [0.25, 0.3) is 0 Å². The van der Waals surface area contributed by atoms with E-state index in [0.29, 0.717) is 12.6 Å². The molecule has 0 fully saturated rings. The van der Waals surface area contributed by atoms with Gasteiger partial charge in [0.15, 0.2) is 0 Å². The Morgan fingerprint density at radius 3 is 2.53 bits per heavy atom. The zero-order valence-electron chi connectivity index (χ0n) is 10.9. The van der Waals surface area contributed by atoms with Crippen LogP contribution < -0.4 is 5.32 Å². The predicted molar refractivity (Wildman–Crippen MR) is 67.5 cm³/mol. The monoisotopic (exact) mass is 270 g/mol. The summed E-state index contributed by atoms with van der Waals surface area (Å²) in [5.41, 5.74) is -0.105. The normalized spacial score (nSPS) is 10.1. The summed E-state index contributed by atoms with van der Waals surface area (Å²) in [4.78, 5) is 24.3. The highest BCUT2D eigenvalue weighted by Crippen LogP contribution is 2.14. The summed E-state index contributed by atoms with van der Waals surface area (Å²) in [6.45, 7) is 3.55. The number of hydrogen-bond donors (Lipinski definition) is 1.